The zero-order valence-electron chi connectivity index (χ0n) is 9.76. The van der Waals surface area contributed by atoms with Crippen molar-refractivity contribution in [2.75, 3.05) is 6.54 Å². The lowest BCUT2D eigenvalue weighted by atomic mass is 10.1. The average Bonchev–Trinajstić information content (AvgIpc) is 2.35. The molecule has 1 fully saturated rings. The maximum atomic E-state index is 11.7. The van der Waals surface area contributed by atoms with Crippen molar-refractivity contribution in [3.05, 3.63) is 35.9 Å². The molecule has 90 valence electrons. The molecule has 0 radical (unpaired) electrons. The van der Waals surface area contributed by atoms with E-state index in [0.717, 1.165) is 5.56 Å². The molecule has 0 bridgehead atoms. The van der Waals surface area contributed by atoms with Crippen molar-refractivity contribution in [2.45, 2.75) is 26.0 Å². The third kappa shape index (κ3) is 2.64. The van der Waals surface area contributed by atoms with E-state index in [0.29, 0.717) is 13.0 Å². The van der Waals surface area contributed by atoms with Crippen molar-refractivity contribution in [3.63, 3.8) is 0 Å². The van der Waals surface area contributed by atoms with E-state index < -0.39 is 6.04 Å². The molecule has 0 spiro atoms. The molecule has 1 aromatic carbocycles. The number of benzene rings is 1. The molecule has 2 rings (SSSR count). The number of rotatable bonds is 4. The summed E-state index contributed by atoms with van der Waals surface area (Å²) >= 11 is 0. The van der Waals surface area contributed by atoms with Crippen molar-refractivity contribution < 1.29 is 14.3 Å². The lowest BCUT2D eigenvalue weighted by Gasteiger charge is -2.34. The summed E-state index contributed by atoms with van der Waals surface area (Å²) in [5.74, 6) is -0.323. The van der Waals surface area contributed by atoms with Gasteiger partial charge in [0, 0.05) is 13.0 Å². The summed E-state index contributed by atoms with van der Waals surface area (Å²) in [6, 6.07) is 9.02. The topological polar surface area (TPSA) is 46.6 Å². The fraction of sp³-hybridized carbons (Fsp3) is 0.385. The number of nitrogens with zero attached hydrogens (tertiary/aromatic N) is 1. The molecule has 0 N–H and O–H groups in total. The molecule has 1 heterocycles. The van der Waals surface area contributed by atoms with Crippen molar-refractivity contribution >= 4 is 11.9 Å². The Balaban J connectivity index is 1.83. The predicted molar refractivity (Wildman–Crippen MR) is 62.0 cm³/mol. The molecule has 4 nitrogen and oxygen atoms in total. The first-order chi connectivity index (χ1) is 8.18. The van der Waals surface area contributed by atoms with Crippen molar-refractivity contribution in [1.29, 1.82) is 0 Å². The van der Waals surface area contributed by atoms with E-state index in [1.807, 2.05) is 30.3 Å². The quantitative estimate of drug-likeness (QED) is 0.582. The number of ether oxygens (including phenoxy) is 1. The first-order valence-corrected chi connectivity index (χ1v) is 5.68. The van der Waals surface area contributed by atoms with Gasteiger partial charge in [0.05, 0.1) is 0 Å². The fourth-order valence-corrected chi connectivity index (χ4v) is 1.72. The van der Waals surface area contributed by atoms with Crippen molar-refractivity contribution in [2.24, 2.45) is 0 Å². The van der Waals surface area contributed by atoms with Crippen LogP contribution in [-0.2, 0) is 20.9 Å². The molecule has 0 aliphatic carbocycles. The highest BCUT2D eigenvalue weighted by Gasteiger charge is 2.33. The minimum absolute atomic E-state index is 0.0224. The van der Waals surface area contributed by atoms with Gasteiger partial charge in [-0.25, -0.2) is 4.79 Å². The second-order valence-corrected chi connectivity index (χ2v) is 4.11. The van der Waals surface area contributed by atoms with Crippen molar-refractivity contribution in [3.8, 4) is 0 Å². The van der Waals surface area contributed by atoms with E-state index >= 15 is 0 Å². The smallest absolute Gasteiger partial charge is 0.328 e. The van der Waals surface area contributed by atoms with Gasteiger partial charge in [-0.15, -0.1) is 0 Å². The molecule has 4 heteroatoms. The van der Waals surface area contributed by atoms with Crippen molar-refractivity contribution in [1.82, 2.24) is 4.90 Å². The first kappa shape index (κ1) is 11.6. The van der Waals surface area contributed by atoms with Gasteiger partial charge in [0.2, 0.25) is 5.91 Å². The molecule has 1 amide bonds. The monoisotopic (exact) mass is 233 g/mol. The van der Waals surface area contributed by atoms with Gasteiger partial charge in [0.25, 0.3) is 0 Å². The second-order valence-electron chi connectivity index (χ2n) is 4.11. The Bertz CT molecular complexity index is 416. The second kappa shape index (κ2) is 4.99. The third-order valence-electron chi connectivity index (χ3n) is 2.92. The standard InChI is InChI=1S/C13H15NO3/c1-10(14-8-7-12(14)15)13(16)17-9-11-5-3-2-4-6-11/h2-6,10H,7-9H2,1H3/t10-/m1/s1. The third-order valence-corrected chi connectivity index (χ3v) is 2.92. The summed E-state index contributed by atoms with van der Waals surface area (Å²) in [5.41, 5.74) is 0.947. The highest BCUT2D eigenvalue weighted by atomic mass is 16.5. The highest BCUT2D eigenvalue weighted by Crippen LogP contribution is 2.14. The van der Waals surface area contributed by atoms with Crippen LogP contribution in [0.3, 0.4) is 0 Å². The molecule has 0 saturated carbocycles. The number of hydrogen-bond acceptors (Lipinski definition) is 3. The zero-order chi connectivity index (χ0) is 12.3. The summed E-state index contributed by atoms with van der Waals surface area (Å²) in [6.07, 6.45) is 0.538. The van der Waals surface area contributed by atoms with Gasteiger partial charge < -0.3 is 9.64 Å². The average molecular weight is 233 g/mol. The Kier molecular flexibility index (Phi) is 3.42. The Morgan fingerprint density at radius 2 is 2.12 bits per heavy atom. The summed E-state index contributed by atoms with van der Waals surface area (Å²) in [6.45, 7) is 2.61. The fourth-order valence-electron chi connectivity index (χ4n) is 1.72. The zero-order valence-corrected chi connectivity index (χ0v) is 9.76. The Hall–Kier alpha value is -1.84. The maximum Gasteiger partial charge on any atom is 0.328 e. The van der Waals surface area contributed by atoms with E-state index in [2.05, 4.69) is 0 Å². The molecule has 17 heavy (non-hydrogen) atoms. The van der Waals surface area contributed by atoms with Crippen LogP contribution in [-0.4, -0.2) is 29.4 Å². The van der Waals surface area contributed by atoms with Crippen LogP contribution in [0, 0.1) is 0 Å². The number of likely N-dealkylation sites (tertiary alicyclic amines) is 1. The summed E-state index contributed by atoms with van der Waals surface area (Å²) < 4.78 is 5.16. The number of esters is 1. The van der Waals surface area contributed by atoms with Crippen LogP contribution >= 0.6 is 0 Å². The molecule has 1 atom stereocenters. The molecular formula is C13H15NO3. The van der Waals surface area contributed by atoms with Gasteiger partial charge in [-0.2, -0.15) is 0 Å². The van der Waals surface area contributed by atoms with Crippen LogP contribution in [0.2, 0.25) is 0 Å². The van der Waals surface area contributed by atoms with Gasteiger partial charge >= 0.3 is 5.97 Å². The van der Waals surface area contributed by atoms with E-state index in [1.54, 1.807) is 6.92 Å². The van der Waals surface area contributed by atoms with Crippen LogP contribution in [0.15, 0.2) is 30.3 Å². The van der Waals surface area contributed by atoms with Crippen LogP contribution in [0.25, 0.3) is 0 Å². The van der Waals surface area contributed by atoms with Crippen LogP contribution < -0.4 is 0 Å². The molecule has 1 aliphatic heterocycles. The molecular weight excluding hydrogens is 218 g/mol. The first-order valence-electron chi connectivity index (χ1n) is 5.68. The number of hydrogen-bond donors (Lipinski definition) is 0. The Labute approximate surface area is 100 Å². The van der Waals surface area contributed by atoms with Crippen LogP contribution in [0.1, 0.15) is 18.9 Å². The Morgan fingerprint density at radius 3 is 2.65 bits per heavy atom. The van der Waals surface area contributed by atoms with Gasteiger partial charge in [0.1, 0.15) is 12.6 Å². The molecule has 1 aliphatic rings. The van der Waals surface area contributed by atoms with E-state index in [-0.39, 0.29) is 18.5 Å². The number of amides is 1. The Morgan fingerprint density at radius 1 is 1.41 bits per heavy atom. The SMILES string of the molecule is C[C@H](C(=O)OCc1ccccc1)N1CCC1=O. The number of β-lactam (4-membered cyclic amide) rings is 1. The molecule has 0 aromatic heterocycles. The minimum Gasteiger partial charge on any atom is -0.459 e. The normalized spacial score (nSPS) is 16.3. The molecule has 0 unspecified atom stereocenters. The van der Waals surface area contributed by atoms with E-state index in [1.165, 1.54) is 4.90 Å². The number of carbonyl (C=O) groups is 2. The lowest BCUT2D eigenvalue weighted by Crippen LogP contribution is -2.52. The highest BCUT2D eigenvalue weighted by molar-refractivity contribution is 5.88. The lowest BCUT2D eigenvalue weighted by molar-refractivity contribution is -0.160. The summed E-state index contributed by atoms with van der Waals surface area (Å²) in [4.78, 5) is 24.4. The van der Waals surface area contributed by atoms with Gasteiger partial charge in [0.15, 0.2) is 0 Å². The van der Waals surface area contributed by atoms with Crippen LogP contribution in [0.5, 0.6) is 0 Å². The summed E-state index contributed by atoms with van der Waals surface area (Å²) in [5, 5.41) is 0. The number of carbonyl (C=O) groups excluding carboxylic acids is 2. The molecule has 1 saturated heterocycles. The maximum absolute atomic E-state index is 11.7. The van der Waals surface area contributed by atoms with Crippen LogP contribution in [0.4, 0.5) is 0 Å². The molecule has 1 aromatic rings. The van der Waals surface area contributed by atoms with E-state index in [9.17, 15) is 9.59 Å². The summed E-state index contributed by atoms with van der Waals surface area (Å²) in [7, 11) is 0. The van der Waals surface area contributed by atoms with E-state index in [4.69, 9.17) is 4.74 Å². The van der Waals surface area contributed by atoms with Gasteiger partial charge in [-0.05, 0) is 12.5 Å². The minimum atomic E-state index is -0.472. The largest absolute Gasteiger partial charge is 0.459 e. The van der Waals surface area contributed by atoms with Gasteiger partial charge in [-0.1, -0.05) is 30.3 Å². The van der Waals surface area contributed by atoms with Gasteiger partial charge in [-0.3, -0.25) is 4.79 Å². The predicted octanol–water partition coefficient (Wildman–Crippen LogP) is 1.35.